The minimum absolute atomic E-state index is 1.15. The van der Waals surface area contributed by atoms with E-state index in [4.69, 9.17) is 0 Å². The monoisotopic (exact) mass is 274 g/mol. The van der Waals surface area contributed by atoms with Gasteiger partial charge in [-0.25, -0.2) is 0 Å². The average Bonchev–Trinajstić information content (AvgIpc) is 2.52. The Hall–Kier alpha value is -0.860. The van der Waals surface area contributed by atoms with Crippen LogP contribution in [0.5, 0.6) is 0 Å². The Morgan fingerprint density at radius 2 is 1.80 bits per heavy atom. The molecule has 0 atom stereocenters. The number of hydrogen-bond donors (Lipinski definition) is 1. The molecule has 0 aromatic heterocycles. The highest BCUT2D eigenvalue weighted by Crippen LogP contribution is 2.16. The van der Waals surface area contributed by atoms with E-state index in [2.05, 4.69) is 42.3 Å². The van der Waals surface area contributed by atoms with Gasteiger partial charge in [0.15, 0.2) is 0 Å². The fourth-order valence-corrected chi connectivity index (χ4v) is 3.06. The third-order valence-corrected chi connectivity index (χ3v) is 4.44. The van der Waals surface area contributed by atoms with Crippen molar-refractivity contribution in [3.63, 3.8) is 0 Å². The fourth-order valence-electron chi connectivity index (χ4n) is 3.06. The van der Waals surface area contributed by atoms with Crippen molar-refractivity contribution in [3.8, 4) is 0 Å². The third kappa shape index (κ3) is 4.60. The molecule has 1 aliphatic rings. The van der Waals surface area contributed by atoms with Crippen molar-refractivity contribution in [2.24, 2.45) is 0 Å². The Morgan fingerprint density at radius 1 is 1.00 bits per heavy atom. The lowest BCUT2D eigenvalue weighted by molar-refractivity contribution is 0.237. The molecule has 0 saturated carbocycles. The second kappa shape index (κ2) is 8.43. The molecule has 0 radical (unpaired) electrons. The molecule has 1 aromatic rings. The van der Waals surface area contributed by atoms with Crippen LogP contribution in [0.1, 0.15) is 43.4 Å². The Bertz CT molecular complexity index is 394. The van der Waals surface area contributed by atoms with E-state index in [1.54, 1.807) is 11.1 Å². The molecule has 0 aliphatic carbocycles. The molecule has 20 heavy (non-hydrogen) atoms. The number of nitrogens with zero attached hydrogens (tertiary/aromatic N) is 1. The van der Waals surface area contributed by atoms with Crippen LogP contribution in [0.25, 0.3) is 0 Å². The molecular weight excluding hydrogens is 244 g/mol. The summed E-state index contributed by atoms with van der Waals surface area (Å²) in [6.07, 6.45) is 6.22. The fraction of sp³-hybridized carbons (Fsp3) is 0.667. The zero-order chi connectivity index (χ0) is 14.2. The van der Waals surface area contributed by atoms with Crippen LogP contribution >= 0.6 is 0 Å². The maximum absolute atomic E-state index is 3.42. The van der Waals surface area contributed by atoms with E-state index in [1.165, 1.54) is 57.5 Å². The summed E-state index contributed by atoms with van der Waals surface area (Å²) in [5.74, 6) is 0. The van der Waals surface area contributed by atoms with Gasteiger partial charge in [0, 0.05) is 26.2 Å². The highest BCUT2D eigenvalue weighted by molar-refractivity contribution is 5.32. The zero-order valence-electron chi connectivity index (χ0n) is 13.3. The Kier molecular flexibility index (Phi) is 6.55. The Labute approximate surface area is 124 Å². The molecule has 1 aliphatic heterocycles. The first-order valence-corrected chi connectivity index (χ1v) is 8.37. The summed E-state index contributed by atoms with van der Waals surface area (Å²) in [4.78, 5) is 2.60. The van der Waals surface area contributed by atoms with Crippen LogP contribution < -0.4 is 5.32 Å². The Morgan fingerprint density at radius 3 is 2.50 bits per heavy atom. The molecule has 2 rings (SSSR count). The van der Waals surface area contributed by atoms with Gasteiger partial charge in [0.05, 0.1) is 0 Å². The van der Waals surface area contributed by atoms with Crippen molar-refractivity contribution >= 4 is 0 Å². The predicted molar refractivity (Wildman–Crippen MR) is 87.4 cm³/mol. The van der Waals surface area contributed by atoms with Gasteiger partial charge in [0.2, 0.25) is 0 Å². The third-order valence-electron chi connectivity index (χ3n) is 4.44. The van der Waals surface area contributed by atoms with Gasteiger partial charge in [-0.3, -0.25) is 0 Å². The second-order valence-corrected chi connectivity index (χ2v) is 5.86. The van der Waals surface area contributed by atoms with Crippen molar-refractivity contribution in [2.75, 3.05) is 32.7 Å². The molecule has 2 heteroatoms. The Balaban J connectivity index is 1.77. The molecule has 1 N–H and O–H groups in total. The van der Waals surface area contributed by atoms with Crippen LogP contribution in [0.2, 0.25) is 0 Å². The van der Waals surface area contributed by atoms with Gasteiger partial charge in [-0.15, -0.1) is 0 Å². The largest absolute Gasteiger partial charge is 0.314 e. The lowest BCUT2D eigenvalue weighted by Gasteiger charge is -2.27. The normalized spacial score (nSPS) is 16.5. The van der Waals surface area contributed by atoms with Crippen LogP contribution in [0.15, 0.2) is 18.2 Å². The van der Waals surface area contributed by atoms with E-state index in [-0.39, 0.29) is 0 Å². The average molecular weight is 274 g/mol. The molecule has 1 saturated heterocycles. The van der Waals surface area contributed by atoms with E-state index in [9.17, 15) is 0 Å². The van der Waals surface area contributed by atoms with Gasteiger partial charge < -0.3 is 10.2 Å². The van der Waals surface area contributed by atoms with Crippen LogP contribution in [0, 0.1) is 0 Å². The molecule has 0 amide bonds. The molecule has 1 aromatic carbocycles. The summed E-state index contributed by atoms with van der Waals surface area (Å²) in [5, 5.41) is 3.42. The maximum Gasteiger partial charge on any atom is 0.0107 e. The first-order valence-electron chi connectivity index (χ1n) is 8.37. The van der Waals surface area contributed by atoms with E-state index in [0.717, 1.165) is 12.8 Å². The highest BCUT2D eigenvalue weighted by atomic mass is 15.2. The highest BCUT2D eigenvalue weighted by Gasteiger charge is 2.08. The van der Waals surface area contributed by atoms with Gasteiger partial charge in [0.1, 0.15) is 0 Å². The summed E-state index contributed by atoms with van der Waals surface area (Å²) in [6, 6.07) is 7.07. The van der Waals surface area contributed by atoms with Crippen molar-refractivity contribution in [1.82, 2.24) is 10.2 Å². The van der Waals surface area contributed by atoms with E-state index < -0.39 is 0 Å². The lowest BCUT2D eigenvalue weighted by atomic mass is 9.97. The van der Waals surface area contributed by atoms with Crippen molar-refractivity contribution < 1.29 is 0 Å². The van der Waals surface area contributed by atoms with E-state index >= 15 is 0 Å². The summed E-state index contributed by atoms with van der Waals surface area (Å²) in [6.45, 7) is 10.6. The van der Waals surface area contributed by atoms with Crippen LogP contribution in [0.4, 0.5) is 0 Å². The molecule has 1 fully saturated rings. The van der Waals surface area contributed by atoms with Crippen molar-refractivity contribution in [2.45, 2.75) is 46.0 Å². The number of benzene rings is 1. The van der Waals surface area contributed by atoms with Crippen LogP contribution in [-0.2, 0) is 19.3 Å². The first kappa shape index (κ1) is 15.5. The van der Waals surface area contributed by atoms with Crippen LogP contribution in [0.3, 0.4) is 0 Å². The first-order chi connectivity index (χ1) is 9.83. The van der Waals surface area contributed by atoms with Gasteiger partial charge in [0.25, 0.3) is 0 Å². The van der Waals surface area contributed by atoms with Gasteiger partial charge >= 0.3 is 0 Å². The van der Waals surface area contributed by atoms with Crippen molar-refractivity contribution in [3.05, 3.63) is 34.9 Å². The van der Waals surface area contributed by atoms with Crippen molar-refractivity contribution in [1.29, 1.82) is 0 Å². The number of nitrogens with one attached hydrogen (secondary N) is 1. The minimum Gasteiger partial charge on any atom is -0.314 e. The zero-order valence-corrected chi connectivity index (χ0v) is 13.3. The SMILES string of the molecule is CCc1ccc(CC)c(CCCCN2CCNCC2)c1. The minimum atomic E-state index is 1.15. The molecule has 0 unspecified atom stereocenters. The van der Waals surface area contributed by atoms with Gasteiger partial charge in [-0.2, -0.15) is 0 Å². The van der Waals surface area contributed by atoms with E-state index in [0.29, 0.717) is 0 Å². The lowest BCUT2D eigenvalue weighted by Crippen LogP contribution is -2.43. The molecule has 112 valence electrons. The number of aryl methyl sites for hydroxylation is 3. The topological polar surface area (TPSA) is 15.3 Å². The molecule has 0 spiro atoms. The van der Waals surface area contributed by atoms with Gasteiger partial charge in [-0.1, -0.05) is 32.0 Å². The summed E-state index contributed by atoms with van der Waals surface area (Å²) < 4.78 is 0. The number of rotatable bonds is 7. The molecule has 2 nitrogen and oxygen atoms in total. The number of unbranched alkanes of at least 4 members (excludes halogenated alkanes) is 1. The molecule has 1 heterocycles. The number of piperazine rings is 1. The molecular formula is C18H30N2. The smallest absolute Gasteiger partial charge is 0.0107 e. The quantitative estimate of drug-likeness (QED) is 0.769. The predicted octanol–water partition coefficient (Wildman–Crippen LogP) is 3.04. The standard InChI is InChI=1S/C18H30N2/c1-3-16-8-9-17(4-2)18(15-16)7-5-6-12-20-13-10-19-11-14-20/h8-9,15,19H,3-7,10-14H2,1-2H3. The summed E-state index contributed by atoms with van der Waals surface area (Å²) in [5.41, 5.74) is 4.62. The van der Waals surface area contributed by atoms with Gasteiger partial charge in [-0.05, 0) is 55.3 Å². The molecule has 0 bridgehead atoms. The number of hydrogen-bond acceptors (Lipinski definition) is 2. The second-order valence-electron chi connectivity index (χ2n) is 5.86. The summed E-state index contributed by atoms with van der Waals surface area (Å²) in [7, 11) is 0. The van der Waals surface area contributed by atoms with E-state index in [1.807, 2.05) is 0 Å². The van der Waals surface area contributed by atoms with Crippen LogP contribution in [-0.4, -0.2) is 37.6 Å². The maximum atomic E-state index is 3.42. The summed E-state index contributed by atoms with van der Waals surface area (Å²) >= 11 is 0.